The van der Waals surface area contributed by atoms with Crippen LogP contribution in [0.1, 0.15) is 11.1 Å². The number of nitrogens with zero attached hydrogens (tertiary/aromatic N) is 1. The van der Waals surface area contributed by atoms with Gasteiger partial charge >= 0.3 is 6.18 Å². The third-order valence-electron chi connectivity index (χ3n) is 2.52. The molecule has 2 nitrogen and oxygen atoms in total. The molecule has 0 atom stereocenters. The van der Waals surface area contributed by atoms with Gasteiger partial charge in [-0.15, -0.1) is 0 Å². The zero-order valence-electron chi connectivity index (χ0n) is 9.97. The molecule has 0 saturated carbocycles. The van der Waals surface area contributed by atoms with E-state index >= 15 is 0 Å². The summed E-state index contributed by atoms with van der Waals surface area (Å²) < 4.78 is 50.0. The predicted molar refractivity (Wildman–Crippen MR) is 59.6 cm³/mol. The molecule has 0 bridgehead atoms. The van der Waals surface area contributed by atoms with Gasteiger partial charge in [0.05, 0.1) is 13.2 Å². The molecule has 0 aliphatic heterocycles. The van der Waals surface area contributed by atoms with E-state index in [2.05, 4.69) is 0 Å². The third kappa shape index (κ3) is 5.01. The summed E-state index contributed by atoms with van der Waals surface area (Å²) in [7, 11) is 0. The zero-order chi connectivity index (χ0) is 13.8. The average Bonchev–Trinajstić information content (AvgIpc) is 2.21. The van der Waals surface area contributed by atoms with Crippen LogP contribution in [0.2, 0.25) is 0 Å². The normalized spacial score (nSPS) is 12.2. The van der Waals surface area contributed by atoms with Gasteiger partial charge in [0.25, 0.3) is 0 Å². The molecule has 0 unspecified atom stereocenters. The minimum Gasteiger partial charge on any atom is -0.395 e. The van der Waals surface area contributed by atoms with Gasteiger partial charge in [-0.3, -0.25) is 4.90 Å². The molecule has 0 fully saturated rings. The number of aryl methyl sites for hydroxylation is 1. The Morgan fingerprint density at radius 2 is 1.94 bits per heavy atom. The molecular weight excluding hydrogens is 250 g/mol. The highest BCUT2D eigenvalue weighted by atomic mass is 19.4. The minimum atomic E-state index is -4.34. The standard InChI is InChI=1S/C12H15F4NO/c1-9-2-3-11(13)6-10(9)7-17(4-5-18)8-12(14,15)16/h2-3,6,18H,4-5,7-8H2,1H3. The average molecular weight is 265 g/mol. The van der Waals surface area contributed by atoms with Crippen molar-refractivity contribution >= 4 is 0 Å². The topological polar surface area (TPSA) is 23.5 Å². The SMILES string of the molecule is Cc1ccc(F)cc1CN(CCO)CC(F)(F)F. The fourth-order valence-electron chi connectivity index (χ4n) is 1.66. The number of hydrogen-bond acceptors (Lipinski definition) is 2. The van der Waals surface area contributed by atoms with Crippen molar-refractivity contribution in [2.24, 2.45) is 0 Å². The van der Waals surface area contributed by atoms with Gasteiger partial charge < -0.3 is 5.11 Å². The summed E-state index contributed by atoms with van der Waals surface area (Å²) in [6, 6.07) is 4.00. The predicted octanol–water partition coefficient (Wildman–Crippen LogP) is 2.49. The second-order valence-electron chi connectivity index (χ2n) is 4.12. The Labute approximate surface area is 103 Å². The number of benzene rings is 1. The summed E-state index contributed by atoms with van der Waals surface area (Å²) in [6.45, 7) is 0.0760. The van der Waals surface area contributed by atoms with E-state index in [9.17, 15) is 17.6 Å². The van der Waals surface area contributed by atoms with Crippen LogP contribution in [0.4, 0.5) is 17.6 Å². The first-order valence-electron chi connectivity index (χ1n) is 5.47. The number of alkyl halides is 3. The molecule has 0 amide bonds. The van der Waals surface area contributed by atoms with Crippen molar-refractivity contribution < 1.29 is 22.7 Å². The Bertz CT molecular complexity index is 392. The highest BCUT2D eigenvalue weighted by Gasteiger charge is 2.30. The first-order valence-corrected chi connectivity index (χ1v) is 5.47. The van der Waals surface area contributed by atoms with E-state index in [1.807, 2.05) is 0 Å². The van der Waals surface area contributed by atoms with Crippen LogP contribution in [0.25, 0.3) is 0 Å². The number of rotatable bonds is 5. The smallest absolute Gasteiger partial charge is 0.395 e. The summed E-state index contributed by atoms with van der Waals surface area (Å²) in [6.07, 6.45) is -4.34. The molecule has 1 aromatic carbocycles. The lowest BCUT2D eigenvalue weighted by atomic mass is 10.1. The summed E-state index contributed by atoms with van der Waals surface area (Å²) in [4.78, 5) is 1.04. The highest BCUT2D eigenvalue weighted by Crippen LogP contribution is 2.19. The van der Waals surface area contributed by atoms with E-state index in [-0.39, 0.29) is 19.7 Å². The van der Waals surface area contributed by atoms with Gasteiger partial charge in [-0.25, -0.2) is 4.39 Å². The summed E-state index contributed by atoms with van der Waals surface area (Å²) in [5.41, 5.74) is 1.22. The number of aliphatic hydroxyl groups is 1. The van der Waals surface area contributed by atoms with E-state index in [4.69, 9.17) is 5.11 Å². The first-order chi connectivity index (χ1) is 8.31. The lowest BCUT2D eigenvalue weighted by molar-refractivity contribution is -0.148. The molecule has 0 saturated heterocycles. The van der Waals surface area contributed by atoms with Gasteiger partial charge in [0.2, 0.25) is 0 Å². The molecule has 6 heteroatoms. The van der Waals surface area contributed by atoms with E-state index in [1.165, 1.54) is 18.2 Å². The third-order valence-corrected chi connectivity index (χ3v) is 2.52. The Morgan fingerprint density at radius 3 is 2.50 bits per heavy atom. The molecule has 1 N–H and O–H groups in total. The molecular formula is C12H15F4NO. The molecule has 18 heavy (non-hydrogen) atoms. The molecule has 0 aromatic heterocycles. The fraction of sp³-hybridized carbons (Fsp3) is 0.500. The lowest BCUT2D eigenvalue weighted by Gasteiger charge is -2.23. The molecule has 0 radical (unpaired) electrons. The van der Waals surface area contributed by atoms with Crippen molar-refractivity contribution in [1.29, 1.82) is 0 Å². The van der Waals surface area contributed by atoms with Crippen LogP contribution in [0.5, 0.6) is 0 Å². The minimum absolute atomic E-state index is 0.0380. The number of hydrogen-bond donors (Lipinski definition) is 1. The van der Waals surface area contributed by atoms with Crippen LogP contribution in [0.3, 0.4) is 0 Å². The van der Waals surface area contributed by atoms with Crippen LogP contribution >= 0.6 is 0 Å². The largest absolute Gasteiger partial charge is 0.401 e. The van der Waals surface area contributed by atoms with Crippen molar-refractivity contribution in [3.8, 4) is 0 Å². The van der Waals surface area contributed by atoms with Gasteiger partial charge in [-0.05, 0) is 30.2 Å². The number of halogens is 4. The molecule has 102 valence electrons. The number of aliphatic hydroxyl groups excluding tert-OH is 1. The van der Waals surface area contributed by atoms with Crippen molar-refractivity contribution in [2.45, 2.75) is 19.6 Å². The van der Waals surface area contributed by atoms with Crippen LogP contribution in [0, 0.1) is 12.7 Å². The van der Waals surface area contributed by atoms with Crippen LogP contribution < -0.4 is 0 Å². The van der Waals surface area contributed by atoms with E-state index in [0.29, 0.717) is 5.56 Å². The highest BCUT2D eigenvalue weighted by molar-refractivity contribution is 5.26. The lowest BCUT2D eigenvalue weighted by Crippen LogP contribution is -2.35. The Balaban J connectivity index is 2.79. The van der Waals surface area contributed by atoms with Crippen molar-refractivity contribution in [3.05, 3.63) is 35.1 Å². The second-order valence-corrected chi connectivity index (χ2v) is 4.12. The van der Waals surface area contributed by atoms with Gasteiger partial charge in [0.15, 0.2) is 0 Å². The van der Waals surface area contributed by atoms with Crippen LogP contribution in [0.15, 0.2) is 18.2 Å². The maximum atomic E-state index is 13.0. The summed E-state index contributed by atoms with van der Waals surface area (Å²) in [5, 5.41) is 8.75. The van der Waals surface area contributed by atoms with E-state index in [1.54, 1.807) is 6.92 Å². The quantitative estimate of drug-likeness (QED) is 0.827. The van der Waals surface area contributed by atoms with E-state index < -0.39 is 18.5 Å². The molecule has 0 spiro atoms. The monoisotopic (exact) mass is 265 g/mol. The van der Waals surface area contributed by atoms with Gasteiger partial charge in [-0.2, -0.15) is 13.2 Å². The first kappa shape index (κ1) is 14.9. The van der Waals surface area contributed by atoms with Gasteiger partial charge in [-0.1, -0.05) is 6.07 Å². The summed E-state index contributed by atoms with van der Waals surface area (Å²) >= 11 is 0. The Kier molecular flexibility index (Phi) is 5.10. The van der Waals surface area contributed by atoms with Crippen LogP contribution in [-0.4, -0.2) is 35.9 Å². The molecule has 1 rings (SSSR count). The van der Waals surface area contributed by atoms with Crippen LogP contribution in [-0.2, 0) is 6.54 Å². The fourth-order valence-corrected chi connectivity index (χ4v) is 1.66. The summed E-state index contributed by atoms with van der Waals surface area (Å²) in [5.74, 6) is -0.480. The molecule has 0 heterocycles. The van der Waals surface area contributed by atoms with Crippen molar-refractivity contribution in [1.82, 2.24) is 4.90 Å². The van der Waals surface area contributed by atoms with E-state index in [0.717, 1.165) is 10.5 Å². The Hall–Kier alpha value is -1.14. The maximum Gasteiger partial charge on any atom is 0.401 e. The zero-order valence-corrected chi connectivity index (χ0v) is 9.97. The Morgan fingerprint density at radius 1 is 1.28 bits per heavy atom. The van der Waals surface area contributed by atoms with Gasteiger partial charge in [0, 0.05) is 13.1 Å². The molecule has 0 aliphatic carbocycles. The molecule has 0 aliphatic rings. The molecule has 1 aromatic rings. The van der Waals surface area contributed by atoms with Gasteiger partial charge in [0.1, 0.15) is 5.82 Å². The van der Waals surface area contributed by atoms with Crippen molar-refractivity contribution in [2.75, 3.05) is 19.7 Å². The second kappa shape index (κ2) is 6.15. The van der Waals surface area contributed by atoms with Crippen molar-refractivity contribution in [3.63, 3.8) is 0 Å². The maximum absolute atomic E-state index is 13.0.